The number of carbonyl (C=O) groups excluding carboxylic acids is 1. The topological polar surface area (TPSA) is 52.3 Å². The summed E-state index contributed by atoms with van der Waals surface area (Å²) in [7, 11) is 0. The zero-order valence-electron chi connectivity index (χ0n) is 7.51. The molecule has 0 aromatic heterocycles. The predicted molar refractivity (Wildman–Crippen MR) is 59.5 cm³/mol. The third-order valence-electron chi connectivity index (χ3n) is 1.61. The molecule has 1 aromatic rings. The van der Waals surface area contributed by atoms with Gasteiger partial charge in [0.05, 0.1) is 27.4 Å². The van der Waals surface area contributed by atoms with Crippen molar-refractivity contribution in [3.63, 3.8) is 0 Å². The van der Waals surface area contributed by atoms with Crippen molar-refractivity contribution >= 4 is 39.2 Å². The second-order valence-corrected chi connectivity index (χ2v) is 3.72. The number of nitrogens with two attached hydrogens (primary N) is 1. The molecule has 0 bridgehead atoms. The Balaban J connectivity index is 3.11. The van der Waals surface area contributed by atoms with Crippen molar-refractivity contribution in [2.24, 2.45) is 0 Å². The van der Waals surface area contributed by atoms with Crippen LogP contribution in [0, 0.1) is 0 Å². The summed E-state index contributed by atoms with van der Waals surface area (Å²) in [4.78, 5) is 11.4. The molecule has 0 aliphatic rings. The van der Waals surface area contributed by atoms with E-state index in [4.69, 9.17) is 22.1 Å². The van der Waals surface area contributed by atoms with E-state index in [1.165, 1.54) is 0 Å². The molecule has 0 unspecified atom stereocenters. The summed E-state index contributed by atoms with van der Waals surface area (Å²) in [5.74, 6) is -0.415. The van der Waals surface area contributed by atoms with Crippen LogP contribution in [0.25, 0.3) is 0 Å². The van der Waals surface area contributed by atoms with Crippen LogP contribution in [0.4, 0.5) is 5.69 Å². The normalized spacial score (nSPS) is 9.93. The first kappa shape index (κ1) is 11.3. The van der Waals surface area contributed by atoms with Gasteiger partial charge < -0.3 is 10.5 Å². The van der Waals surface area contributed by atoms with E-state index in [1.54, 1.807) is 19.1 Å². The Morgan fingerprint density at radius 3 is 2.86 bits per heavy atom. The van der Waals surface area contributed by atoms with Gasteiger partial charge in [-0.2, -0.15) is 0 Å². The van der Waals surface area contributed by atoms with Gasteiger partial charge in [0.2, 0.25) is 0 Å². The molecule has 0 saturated heterocycles. The molecule has 0 heterocycles. The fraction of sp³-hybridized carbons (Fsp3) is 0.222. The first-order valence-corrected chi connectivity index (χ1v) is 5.15. The molecular formula is C9H9BrClNO2. The second-order valence-electron chi connectivity index (χ2n) is 2.55. The largest absolute Gasteiger partial charge is 0.462 e. The highest BCUT2D eigenvalue weighted by Crippen LogP contribution is 2.31. The van der Waals surface area contributed by atoms with Crippen LogP contribution in [0.1, 0.15) is 17.3 Å². The van der Waals surface area contributed by atoms with Crippen molar-refractivity contribution in [3.05, 3.63) is 27.2 Å². The van der Waals surface area contributed by atoms with Crippen molar-refractivity contribution in [2.75, 3.05) is 12.3 Å². The van der Waals surface area contributed by atoms with Crippen molar-refractivity contribution < 1.29 is 9.53 Å². The van der Waals surface area contributed by atoms with Crippen molar-refractivity contribution in [2.45, 2.75) is 6.92 Å². The first-order valence-electron chi connectivity index (χ1n) is 3.98. The summed E-state index contributed by atoms with van der Waals surface area (Å²) in [5, 5.41) is 0.329. The van der Waals surface area contributed by atoms with Crippen LogP contribution in [0.3, 0.4) is 0 Å². The third kappa shape index (κ3) is 2.19. The maximum atomic E-state index is 11.4. The molecule has 0 aliphatic carbocycles. The molecule has 1 rings (SSSR count). The van der Waals surface area contributed by atoms with E-state index in [2.05, 4.69) is 15.9 Å². The van der Waals surface area contributed by atoms with E-state index in [0.717, 1.165) is 0 Å². The Labute approximate surface area is 95.3 Å². The van der Waals surface area contributed by atoms with Crippen LogP contribution in [0.2, 0.25) is 5.02 Å². The molecule has 0 saturated carbocycles. The third-order valence-corrected chi connectivity index (χ3v) is 3.07. The number of ether oxygens (including phenoxy) is 1. The zero-order chi connectivity index (χ0) is 10.7. The number of nitrogen functional groups attached to an aromatic ring is 1. The summed E-state index contributed by atoms with van der Waals surface area (Å²) >= 11 is 9.04. The maximum Gasteiger partial charge on any atom is 0.339 e. The number of rotatable bonds is 2. The zero-order valence-corrected chi connectivity index (χ0v) is 9.85. The van der Waals surface area contributed by atoms with E-state index in [9.17, 15) is 4.79 Å². The number of esters is 1. The van der Waals surface area contributed by atoms with Gasteiger partial charge in [0, 0.05) is 0 Å². The number of benzene rings is 1. The molecular weight excluding hydrogens is 269 g/mol. The maximum absolute atomic E-state index is 11.4. The molecule has 76 valence electrons. The van der Waals surface area contributed by atoms with E-state index >= 15 is 0 Å². The van der Waals surface area contributed by atoms with Gasteiger partial charge in [-0.25, -0.2) is 4.79 Å². The summed E-state index contributed by atoms with van der Waals surface area (Å²) in [6.45, 7) is 2.07. The average molecular weight is 279 g/mol. The molecule has 0 radical (unpaired) electrons. The molecule has 3 nitrogen and oxygen atoms in total. The minimum atomic E-state index is -0.415. The van der Waals surface area contributed by atoms with E-state index in [0.29, 0.717) is 27.4 Å². The molecule has 14 heavy (non-hydrogen) atoms. The summed E-state index contributed by atoms with van der Waals surface area (Å²) in [6.07, 6.45) is 0. The molecule has 0 amide bonds. The van der Waals surface area contributed by atoms with Gasteiger partial charge >= 0.3 is 5.97 Å². The van der Waals surface area contributed by atoms with Crippen LogP contribution in [0.5, 0.6) is 0 Å². The van der Waals surface area contributed by atoms with Crippen LogP contribution in [-0.2, 0) is 4.74 Å². The first-order chi connectivity index (χ1) is 6.57. The number of halogens is 2. The Kier molecular flexibility index (Phi) is 3.77. The van der Waals surface area contributed by atoms with E-state index in [-0.39, 0.29) is 0 Å². The van der Waals surface area contributed by atoms with Gasteiger partial charge in [-0.1, -0.05) is 11.6 Å². The Bertz CT molecular complexity index is 368. The molecule has 2 N–H and O–H groups in total. The minimum absolute atomic E-state index is 0.327. The van der Waals surface area contributed by atoms with Gasteiger partial charge in [0.15, 0.2) is 0 Å². The highest BCUT2D eigenvalue weighted by atomic mass is 79.9. The molecule has 5 heteroatoms. The standard InChI is InChI=1S/C9H9BrClNO2/c1-2-14-9(13)5-3-4-6(12)8(11)7(5)10/h3-4H,2,12H2,1H3. The summed E-state index contributed by atoms with van der Waals surface area (Å²) < 4.78 is 5.31. The van der Waals surface area contributed by atoms with E-state index in [1.807, 2.05) is 0 Å². The highest BCUT2D eigenvalue weighted by Gasteiger charge is 2.14. The van der Waals surface area contributed by atoms with Gasteiger partial charge in [0.25, 0.3) is 0 Å². The lowest BCUT2D eigenvalue weighted by molar-refractivity contribution is 0.0525. The fourth-order valence-corrected chi connectivity index (χ4v) is 1.62. The van der Waals surface area contributed by atoms with Crippen molar-refractivity contribution in [3.8, 4) is 0 Å². The quantitative estimate of drug-likeness (QED) is 0.668. The smallest absolute Gasteiger partial charge is 0.339 e. The lowest BCUT2D eigenvalue weighted by Crippen LogP contribution is -2.06. The van der Waals surface area contributed by atoms with Gasteiger partial charge in [0.1, 0.15) is 0 Å². The van der Waals surface area contributed by atoms with E-state index < -0.39 is 5.97 Å². The number of hydrogen-bond donors (Lipinski definition) is 1. The highest BCUT2D eigenvalue weighted by molar-refractivity contribution is 9.10. The predicted octanol–water partition coefficient (Wildman–Crippen LogP) is 2.86. The summed E-state index contributed by atoms with van der Waals surface area (Å²) in [5.41, 5.74) is 6.35. The van der Waals surface area contributed by atoms with Crippen LogP contribution >= 0.6 is 27.5 Å². The van der Waals surface area contributed by atoms with Crippen molar-refractivity contribution in [1.29, 1.82) is 0 Å². The summed E-state index contributed by atoms with van der Waals surface area (Å²) in [6, 6.07) is 3.14. The Morgan fingerprint density at radius 2 is 2.29 bits per heavy atom. The lowest BCUT2D eigenvalue weighted by Gasteiger charge is -2.06. The van der Waals surface area contributed by atoms with Crippen molar-refractivity contribution in [1.82, 2.24) is 0 Å². The molecule has 0 spiro atoms. The van der Waals surface area contributed by atoms with Crippen LogP contribution in [-0.4, -0.2) is 12.6 Å². The van der Waals surface area contributed by atoms with Gasteiger partial charge in [-0.15, -0.1) is 0 Å². The average Bonchev–Trinajstić information content (AvgIpc) is 2.15. The number of anilines is 1. The van der Waals surface area contributed by atoms with Gasteiger partial charge in [-0.3, -0.25) is 0 Å². The lowest BCUT2D eigenvalue weighted by atomic mass is 10.2. The molecule has 0 fully saturated rings. The van der Waals surface area contributed by atoms with Gasteiger partial charge in [-0.05, 0) is 35.0 Å². The Hall–Kier alpha value is -0.740. The second kappa shape index (κ2) is 4.66. The monoisotopic (exact) mass is 277 g/mol. The SMILES string of the molecule is CCOC(=O)c1ccc(N)c(Cl)c1Br. The molecule has 0 atom stereocenters. The minimum Gasteiger partial charge on any atom is -0.462 e. The number of hydrogen-bond acceptors (Lipinski definition) is 3. The van der Waals surface area contributed by atoms with Crippen LogP contribution in [0.15, 0.2) is 16.6 Å². The number of carbonyl (C=O) groups is 1. The Morgan fingerprint density at radius 1 is 1.64 bits per heavy atom. The molecule has 1 aromatic carbocycles. The molecule has 0 aliphatic heterocycles. The fourth-order valence-electron chi connectivity index (χ4n) is 0.931. The van der Waals surface area contributed by atoms with Crippen LogP contribution < -0.4 is 5.73 Å².